The summed E-state index contributed by atoms with van der Waals surface area (Å²) in [7, 11) is 0. The number of carbonyl (C=O) groups is 1. The zero-order chi connectivity index (χ0) is 14.1. The monoisotopic (exact) mass is 269 g/mol. The van der Waals surface area contributed by atoms with Gasteiger partial charge < -0.3 is 4.90 Å². The first-order valence-corrected chi connectivity index (χ1v) is 6.85. The van der Waals surface area contributed by atoms with Crippen molar-refractivity contribution < 1.29 is 9.18 Å². The quantitative estimate of drug-likeness (QED) is 0.826. The summed E-state index contributed by atoms with van der Waals surface area (Å²) >= 11 is 0. The van der Waals surface area contributed by atoms with Crippen LogP contribution in [0.5, 0.6) is 0 Å². The van der Waals surface area contributed by atoms with Crippen LogP contribution in [0.15, 0.2) is 48.5 Å². The average molecular weight is 269 g/mol. The molecule has 3 heteroatoms. The summed E-state index contributed by atoms with van der Waals surface area (Å²) < 4.78 is 13.4. The Hall–Kier alpha value is -2.16. The van der Waals surface area contributed by atoms with E-state index in [1.807, 2.05) is 42.2 Å². The van der Waals surface area contributed by atoms with Gasteiger partial charge in [-0.15, -0.1) is 0 Å². The summed E-state index contributed by atoms with van der Waals surface area (Å²) in [5, 5.41) is 0. The zero-order valence-corrected chi connectivity index (χ0v) is 11.3. The standard InChI is InChI=1S/C17H16FNO/c1-2-16(12-7-5-8-14(18)10-12)19-11-13-6-3-4-9-15(13)17(19)20/h3-10,16H,2,11H2,1H3. The van der Waals surface area contributed by atoms with E-state index < -0.39 is 0 Å². The second-order valence-electron chi connectivity index (χ2n) is 5.07. The van der Waals surface area contributed by atoms with Gasteiger partial charge in [0.25, 0.3) is 5.91 Å². The molecule has 1 aliphatic heterocycles. The highest BCUT2D eigenvalue weighted by Gasteiger charge is 2.32. The molecule has 0 fully saturated rings. The first-order chi connectivity index (χ1) is 9.70. The smallest absolute Gasteiger partial charge is 0.255 e. The number of halogens is 1. The normalized spacial score (nSPS) is 15.3. The Morgan fingerprint density at radius 1 is 1.20 bits per heavy atom. The minimum absolute atomic E-state index is 0.0386. The Kier molecular flexibility index (Phi) is 3.26. The van der Waals surface area contributed by atoms with Crippen molar-refractivity contribution in [2.75, 3.05) is 0 Å². The van der Waals surface area contributed by atoms with Crippen LogP contribution >= 0.6 is 0 Å². The van der Waals surface area contributed by atoms with Gasteiger partial charge in [-0.05, 0) is 35.7 Å². The van der Waals surface area contributed by atoms with Crippen molar-refractivity contribution in [3.8, 4) is 0 Å². The zero-order valence-electron chi connectivity index (χ0n) is 11.3. The first kappa shape index (κ1) is 12.9. The maximum Gasteiger partial charge on any atom is 0.255 e. The summed E-state index contributed by atoms with van der Waals surface area (Å²) in [4.78, 5) is 14.3. The van der Waals surface area contributed by atoms with Crippen molar-refractivity contribution >= 4 is 5.91 Å². The number of rotatable bonds is 3. The van der Waals surface area contributed by atoms with Gasteiger partial charge in [-0.1, -0.05) is 37.3 Å². The summed E-state index contributed by atoms with van der Waals surface area (Å²) in [6, 6.07) is 14.1. The van der Waals surface area contributed by atoms with Crippen LogP contribution in [-0.4, -0.2) is 10.8 Å². The van der Waals surface area contributed by atoms with Crippen molar-refractivity contribution in [1.82, 2.24) is 4.90 Å². The second kappa shape index (κ2) is 5.08. The van der Waals surface area contributed by atoms with E-state index in [9.17, 15) is 9.18 Å². The maximum atomic E-state index is 13.4. The molecule has 3 rings (SSSR count). The summed E-state index contributed by atoms with van der Waals surface area (Å²) in [6.07, 6.45) is 0.767. The number of carbonyl (C=O) groups excluding carboxylic acids is 1. The van der Waals surface area contributed by atoms with E-state index in [1.165, 1.54) is 12.1 Å². The summed E-state index contributed by atoms with van der Waals surface area (Å²) in [5.41, 5.74) is 2.67. The molecule has 0 N–H and O–H groups in total. The molecule has 2 aromatic carbocycles. The maximum absolute atomic E-state index is 13.4. The SMILES string of the molecule is CCC(c1cccc(F)c1)N1Cc2ccccc2C1=O. The molecule has 0 aromatic heterocycles. The molecular formula is C17H16FNO. The van der Waals surface area contributed by atoms with E-state index in [4.69, 9.17) is 0 Å². The molecule has 1 unspecified atom stereocenters. The number of benzene rings is 2. The molecule has 0 radical (unpaired) electrons. The fourth-order valence-electron chi connectivity index (χ4n) is 2.88. The van der Waals surface area contributed by atoms with Crippen LogP contribution in [-0.2, 0) is 6.54 Å². The van der Waals surface area contributed by atoms with Crippen LogP contribution < -0.4 is 0 Å². The Labute approximate surface area is 117 Å². The van der Waals surface area contributed by atoms with Gasteiger partial charge in [0.15, 0.2) is 0 Å². The van der Waals surface area contributed by atoms with E-state index in [0.717, 1.165) is 23.1 Å². The van der Waals surface area contributed by atoms with Gasteiger partial charge in [-0.2, -0.15) is 0 Å². The number of fused-ring (bicyclic) bond motifs is 1. The molecule has 20 heavy (non-hydrogen) atoms. The highest BCUT2D eigenvalue weighted by Crippen LogP contribution is 2.33. The number of hydrogen-bond acceptors (Lipinski definition) is 1. The highest BCUT2D eigenvalue weighted by atomic mass is 19.1. The second-order valence-corrected chi connectivity index (χ2v) is 5.07. The van der Waals surface area contributed by atoms with Gasteiger partial charge >= 0.3 is 0 Å². The van der Waals surface area contributed by atoms with E-state index in [2.05, 4.69) is 0 Å². The van der Waals surface area contributed by atoms with E-state index in [-0.39, 0.29) is 17.8 Å². The molecule has 0 aliphatic carbocycles. The molecule has 0 bridgehead atoms. The predicted molar refractivity (Wildman–Crippen MR) is 75.7 cm³/mol. The summed E-state index contributed by atoms with van der Waals surface area (Å²) in [6.45, 7) is 2.62. The molecule has 2 nitrogen and oxygen atoms in total. The van der Waals surface area contributed by atoms with Gasteiger partial charge in [0.1, 0.15) is 5.82 Å². The molecule has 0 saturated heterocycles. The van der Waals surface area contributed by atoms with Crippen LogP contribution in [0, 0.1) is 5.82 Å². The van der Waals surface area contributed by atoms with Crippen molar-refractivity contribution in [2.45, 2.75) is 25.9 Å². The molecule has 102 valence electrons. The van der Waals surface area contributed by atoms with Gasteiger partial charge in [-0.25, -0.2) is 4.39 Å². The van der Waals surface area contributed by atoms with Gasteiger partial charge in [0.05, 0.1) is 6.04 Å². The molecule has 1 aliphatic rings. The van der Waals surface area contributed by atoms with Crippen LogP contribution in [0.25, 0.3) is 0 Å². The third-order valence-electron chi connectivity index (χ3n) is 3.85. The molecular weight excluding hydrogens is 253 g/mol. The van der Waals surface area contributed by atoms with E-state index in [1.54, 1.807) is 6.07 Å². The first-order valence-electron chi connectivity index (χ1n) is 6.85. The Balaban J connectivity index is 1.95. The Bertz CT molecular complexity index is 653. The molecule has 1 amide bonds. The lowest BCUT2D eigenvalue weighted by Gasteiger charge is -2.27. The van der Waals surface area contributed by atoms with Gasteiger partial charge in [0, 0.05) is 12.1 Å². The molecule has 0 spiro atoms. The molecule has 2 aromatic rings. The van der Waals surface area contributed by atoms with E-state index >= 15 is 0 Å². The minimum Gasteiger partial charge on any atom is -0.327 e. The lowest BCUT2D eigenvalue weighted by atomic mass is 10.0. The summed E-state index contributed by atoms with van der Waals surface area (Å²) in [5.74, 6) is -0.221. The van der Waals surface area contributed by atoms with E-state index in [0.29, 0.717) is 6.54 Å². The van der Waals surface area contributed by atoms with Crippen molar-refractivity contribution in [3.63, 3.8) is 0 Å². The van der Waals surface area contributed by atoms with Crippen molar-refractivity contribution in [1.29, 1.82) is 0 Å². The largest absolute Gasteiger partial charge is 0.327 e. The van der Waals surface area contributed by atoms with Crippen LogP contribution in [0.1, 0.15) is 40.9 Å². The minimum atomic E-state index is -0.259. The van der Waals surface area contributed by atoms with Crippen molar-refractivity contribution in [2.24, 2.45) is 0 Å². The molecule has 1 atom stereocenters. The Morgan fingerprint density at radius 2 is 2.00 bits per heavy atom. The highest BCUT2D eigenvalue weighted by molar-refractivity contribution is 5.98. The van der Waals surface area contributed by atoms with Crippen LogP contribution in [0.2, 0.25) is 0 Å². The lowest BCUT2D eigenvalue weighted by molar-refractivity contribution is 0.0695. The number of hydrogen-bond donors (Lipinski definition) is 0. The molecule has 0 saturated carbocycles. The third kappa shape index (κ3) is 2.09. The fourth-order valence-corrected chi connectivity index (χ4v) is 2.88. The van der Waals surface area contributed by atoms with Gasteiger partial charge in [0.2, 0.25) is 0 Å². The lowest BCUT2D eigenvalue weighted by Crippen LogP contribution is -2.28. The van der Waals surface area contributed by atoms with Gasteiger partial charge in [-0.3, -0.25) is 4.79 Å². The van der Waals surface area contributed by atoms with Crippen molar-refractivity contribution in [3.05, 3.63) is 71.0 Å². The number of amides is 1. The topological polar surface area (TPSA) is 20.3 Å². The average Bonchev–Trinajstić information content (AvgIpc) is 2.78. The van der Waals surface area contributed by atoms with Crippen LogP contribution in [0.3, 0.4) is 0 Å². The fraction of sp³-hybridized carbons (Fsp3) is 0.235. The van der Waals surface area contributed by atoms with Crippen LogP contribution in [0.4, 0.5) is 4.39 Å². The predicted octanol–water partition coefficient (Wildman–Crippen LogP) is 3.93. The third-order valence-corrected chi connectivity index (χ3v) is 3.85. The number of nitrogens with zero attached hydrogens (tertiary/aromatic N) is 1. The Morgan fingerprint density at radius 3 is 2.70 bits per heavy atom. The molecule has 1 heterocycles.